The van der Waals surface area contributed by atoms with Crippen molar-refractivity contribution >= 4 is 51.5 Å². The summed E-state index contributed by atoms with van der Waals surface area (Å²) >= 11 is 6.46. The second kappa shape index (κ2) is 15.4. The molecular formula is C33H35ClFN7O3. The SMILES string of the molecule is CN1CCN(C/C=C/C(=O)NCCC(=O)Nc2ccc3ncnc(Nc4ccc(OCc5cccc(F)c5)c(Cl)c4)c3c2)CC1. The summed E-state index contributed by atoms with van der Waals surface area (Å²) in [5.41, 5.74) is 2.61. The van der Waals surface area contributed by atoms with Gasteiger partial charge in [0.05, 0.1) is 10.5 Å². The highest BCUT2D eigenvalue weighted by Crippen LogP contribution is 2.31. The number of anilines is 3. The van der Waals surface area contributed by atoms with Gasteiger partial charge in [-0.3, -0.25) is 14.5 Å². The van der Waals surface area contributed by atoms with Crippen molar-refractivity contribution in [3.8, 4) is 5.75 Å². The second-order valence-electron chi connectivity index (χ2n) is 10.7. The number of fused-ring (bicyclic) bond motifs is 1. The van der Waals surface area contributed by atoms with Crippen LogP contribution in [0.15, 0.2) is 79.1 Å². The van der Waals surface area contributed by atoms with E-state index in [1.54, 1.807) is 48.5 Å². The van der Waals surface area contributed by atoms with Crippen LogP contribution < -0.4 is 20.7 Å². The summed E-state index contributed by atoms with van der Waals surface area (Å²) in [4.78, 5) is 38.0. The van der Waals surface area contributed by atoms with E-state index in [9.17, 15) is 14.0 Å². The molecule has 0 atom stereocenters. The molecule has 1 fully saturated rings. The fourth-order valence-electron chi connectivity index (χ4n) is 4.78. The van der Waals surface area contributed by atoms with Gasteiger partial charge >= 0.3 is 0 Å². The molecular weight excluding hydrogens is 597 g/mol. The highest BCUT2D eigenvalue weighted by atomic mass is 35.5. The number of carbonyl (C=O) groups is 2. The van der Waals surface area contributed by atoms with Crippen molar-refractivity contribution in [1.82, 2.24) is 25.1 Å². The number of halogens is 2. The number of nitrogens with one attached hydrogen (secondary N) is 3. The quantitative estimate of drug-likeness (QED) is 0.188. The van der Waals surface area contributed by atoms with Crippen LogP contribution in [0.25, 0.3) is 10.9 Å². The van der Waals surface area contributed by atoms with Crippen LogP contribution in [0.2, 0.25) is 5.02 Å². The number of carbonyl (C=O) groups excluding carboxylic acids is 2. The van der Waals surface area contributed by atoms with Crippen LogP contribution in [-0.2, 0) is 16.2 Å². The molecule has 234 valence electrons. The molecule has 0 radical (unpaired) electrons. The number of hydrogen-bond acceptors (Lipinski definition) is 8. The lowest BCUT2D eigenvalue weighted by atomic mass is 10.2. The summed E-state index contributed by atoms with van der Waals surface area (Å²) in [7, 11) is 2.11. The number of hydrogen-bond donors (Lipinski definition) is 3. The first-order valence-corrected chi connectivity index (χ1v) is 15.0. The van der Waals surface area contributed by atoms with E-state index in [0.29, 0.717) is 44.4 Å². The van der Waals surface area contributed by atoms with Crippen molar-refractivity contribution in [1.29, 1.82) is 0 Å². The lowest BCUT2D eigenvalue weighted by molar-refractivity contribution is -0.117. The van der Waals surface area contributed by atoms with Gasteiger partial charge in [0.1, 0.15) is 30.3 Å². The summed E-state index contributed by atoms with van der Waals surface area (Å²) in [6.45, 7) is 5.14. The third-order valence-electron chi connectivity index (χ3n) is 7.28. The number of amides is 2. The van der Waals surface area contributed by atoms with E-state index in [1.807, 2.05) is 6.08 Å². The Hall–Kier alpha value is -4.58. The zero-order chi connectivity index (χ0) is 31.6. The molecule has 1 aliphatic rings. The molecule has 12 heteroatoms. The van der Waals surface area contributed by atoms with Crippen LogP contribution >= 0.6 is 11.6 Å². The monoisotopic (exact) mass is 631 g/mol. The first-order chi connectivity index (χ1) is 21.8. The Morgan fingerprint density at radius 1 is 1.02 bits per heavy atom. The van der Waals surface area contributed by atoms with Gasteiger partial charge < -0.3 is 25.6 Å². The maximum absolute atomic E-state index is 13.5. The molecule has 4 aromatic rings. The summed E-state index contributed by atoms with van der Waals surface area (Å²) in [5.74, 6) is 0.202. The summed E-state index contributed by atoms with van der Waals surface area (Å²) < 4.78 is 19.2. The highest BCUT2D eigenvalue weighted by Gasteiger charge is 2.13. The summed E-state index contributed by atoms with van der Waals surface area (Å²) in [5, 5.41) is 9.95. The molecule has 10 nitrogen and oxygen atoms in total. The molecule has 5 rings (SSSR count). The first kappa shape index (κ1) is 31.8. The molecule has 45 heavy (non-hydrogen) atoms. The van der Waals surface area contributed by atoms with Crippen molar-refractivity contribution in [2.75, 3.05) is 56.9 Å². The molecule has 0 spiro atoms. The number of nitrogens with zero attached hydrogens (tertiary/aromatic N) is 4. The van der Waals surface area contributed by atoms with Crippen LogP contribution in [0.3, 0.4) is 0 Å². The van der Waals surface area contributed by atoms with Gasteiger partial charge in [0.15, 0.2) is 0 Å². The lowest BCUT2D eigenvalue weighted by Gasteiger charge is -2.31. The van der Waals surface area contributed by atoms with Gasteiger partial charge in [-0.2, -0.15) is 0 Å². The molecule has 2 amide bonds. The van der Waals surface area contributed by atoms with Crippen LogP contribution in [0.5, 0.6) is 5.75 Å². The van der Waals surface area contributed by atoms with E-state index < -0.39 is 0 Å². The van der Waals surface area contributed by atoms with Crippen LogP contribution in [0.4, 0.5) is 21.6 Å². The van der Waals surface area contributed by atoms with Gasteiger partial charge in [-0.05, 0) is 61.1 Å². The van der Waals surface area contributed by atoms with E-state index in [0.717, 1.165) is 32.7 Å². The maximum atomic E-state index is 13.5. The molecule has 2 heterocycles. The van der Waals surface area contributed by atoms with E-state index in [4.69, 9.17) is 16.3 Å². The van der Waals surface area contributed by atoms with Crippen molar-refractivity contribution in [2.45, 2.75) is 13.0 Å². The number of piperazine rings is 1. The van der Waals surface area contributed by atoms with Gasteiger partial charge in [0, 0.05) is 68.5 Å². The van der Waals surface area contributed by atoms with Crippen LogP contribution in [0, 0.1) is 5.82 Å². The van der Waals surface area contributed by atoms with Crippen LogP contribution in [0.1, 0.15) is 12.0 Å². The molecule has 0 unspecified atom stereocenters. The third-order valence-corrected chi connectivity index (χ3v) is 7.57. The minimum Gasteiger partial charge on any atom is -0.487 e. The minimum atomic E-state index is -0.328. The largest absolute Gasteiger partial charge is 0.487 e. The Labute approximate surface area is 266 Å². The van der Waals surface area contributed by atoms with E-state index >= 15 is 0 Å². The van der Waals surface area contributed by atoms with Crippen molar-refractivity contribution in [3.05, 3.63) is 95.5 Å². The van der Waals surface area contributed by atoms with Gasteiger partial charge in [0.25, 0.3) is 0 Å². The zero-order valence-electron chi connectivity index (χ0n) is 24.9. The molecule has 0 aliphatic carbocycles. The predicted octanol–water partition coefficient (Wildman–Crippen LogP) is 4.99. The van der Waals surface area contributed by atoms with Gasteiger partial charge in [-0.25, -0.2) is 14.4 Å². The van der Waals surface area contributed by atoms with Crippen molar-refractivity contribution < 1.29 is 18.7 Å². The smallest absolute Gasteiger partial charge is 0.243 e. The Bertz CT molecular complexity index is 1680. The third kappa shape index (κ3) is 9.45. The predicted molar refractivity (Wildman–Crippen MR) is 174 cm³/mol. The zero-order valence-corrected chi connectivity index (χ0v) is 25.7. The van der Waals surface area contributed by atoms with Crippen molar-refractivity contribution in [3.63, 3.8) is 0 Å². The minimum absolute atomic E-state index is 0.124. The Balaban J connectivity index is 1.13. The number of aromatic nitrogens is 2. The second-order valence-corrected chi connectivity index (χ2v) is 11.1. The topological polar surface area (TPSA) is 112 Å². The highest BCUT2D eigenvalue weighted by molar-refractivity contribution is 6.32. The number of ether oxygens (including phenoxy) is 1. The van der Waals surface area contributed by atoms with Gasteiger partial charge in [0.2, 0.25) is 11.8 Å². The molecule has 3 aromatic carbocycles. The van der Waals surface area contributed by atoms with Gasteiger partial charge in [-0.15, -0.1) is 0 Å². The molecule has 0 bridgehead atoms. The van der Waals surface area contributed by atoms with E-state index in [2.05, 4.69) is 42.8 Å². The van der Waals surface area contributed by atoms with Crippen molar-refractivity contribution in [2.24, 2.45) is 0 Å². The lowest BCUT2D eigenvalue weighted by Crippen LogP contribution is -2.44. The average molecular weight is 632 g/mol. The number of benzene rings is 3. The Morgan fingerprint density at radius 3 is 2.64 bits per heavy atom. The normalized spacial score (nSPS) is 14.0. The molecule has 0 saturated carbocycles. The molecule has 1 saturated heterocycles. The average Bonchev–Trinajstić information content (AvgIpc) is 3.02. The Morgan fingerprint density at radius 2 is 1.84 bits per heavy atom. The molecule has 1 aromatic heterocycles. The summed E-state index contributed by atoms with van der Waals surface area (Å²) in [6.07, 6.45) is 4.95. The van der Waals surface area contributed by atoms with Gasteiger partial charge in [-0.1, -0.05) is 29.8 Å². The first-order valence-electron chi connectivity index (χ1n) is 14.7. The number of likely N-dealkylation sites (N-methyl/N-ethyl adjacent to an activating group) is 1. The Kier molecular flexibility index (Phi) is 10.9. The molecule has 1 aliphatic heterocycles. The maximum Gasteiger partial charge on any atom is 0.243 e. The standard InChI is InChI=1S/C33H35ClFN7O3/c1-41-14-16-42(17-15-41)13-3-6-31(43)36-12-11-32(44)39-25-7-9-29-27(19-25)33(38-22-37-29)40-26-8-10-30(28(34)20-26)45-21-23-4-2-5-24(35)18-23/h2-10,18-20,22H,11-17,21H2,1H3,(H,36,43)(H,39,44)(H,37,38,40)/b6-3+. The fraction of sp³-hybridized carbons (Fsp3) is 0.273. The number of rotatable bonds is 12. The summed E-state index contributed by atoms with van der Waals surface area (Å²) in [6, 6.07) is 16.8. The van der Waals surface area contributed by atoms with E-state index in [1.165, 1.54) is 24.5 Å². The van der Waals surface area contributed by atoms with Crippen LogP contribution in [-0.4, -0.2) is 77.9 Å². The molecule has 3 N–H and O–H groups in total. The fourth-order valence-corrected chi connectivity index (χ4v) is 5.01. The van der Waals surface area contributed by atoms with E-state index in [-0.39, 0.29) is 37.2 Å².